The Bertz CT molecular complexity index is 695. The second kappa shape index (κ2) is 7.86. The van der Waals surface area contributed by atoms with Gasteiger partial charge in [0.1, 0.15) is 11.9 Å². The van der Waals surface area contributed by atoms with Crippen LogP contribution in [0.3, 0.4) is 0 Å². The normalized spacial score (nSPS) is 49.0. The first-order chi connectivity index (χ1) is 14.1. The summed E-state index contributed by atoms with van der Waals surface area (Å²) in [5, 5.41) is 21.8. The van der Waals surface area contributed by atoms with Crippen LogP contribution in [0.1, 0.15) is 72.1 Å². The van der Waals surface area contributed by atoms with E-state index in [0.717, 1.165) is 32.1 Å². The molecule has 0 saturated heterocycles. The first-order valence-electron chi connectivity index (χ1n) is 11.9. The molecule has 0 heterocycles. The van der Waals surface area contributed by atoms with E-state index in [1.165, 1.54) is 0 Å². The predicted octanol–water partition coefficient (Wildman–Crippen LogP) is 2.44. The minimum absolute atomic E-state index is 0.00563. The Morgan fingerprint density at radius 1 is 1.20 bits per heavy atom. The molecule has 0 aromatic carbocycles. The average Bonchev–Trinajstić information content (AvgIpc) is 2.97. The van der Waals surface area contributed by atoms with E-state index < -0.39 is 6.10 Å². The van der Waals surface area contributed by atoms with Crippen molar-refractivity contribution in [3.05, 3.63) is 0 Å². The lowest BCUT2D eigenvalue weighted by atomic mass is 9.42. The Labute approximate surface area is 179 Å². The molecule has 4 aliphatic carbocycles. The summed E-state index contributed by atoms with van der Waals surface area (Å²) < 4.78 is 5.73. The van der Waals surface area contributed by atoms with Gasteiger partial charge in [0.25, 0.3) is 0 Å². The van der Waals surface area contributed by atoms with Crippen molar-refractivity contribution in [2.45, 2.75) is 90.4 Å². The molecule has 0 radical (unpaired) electrons. The second-order valence-electron chi connectivity index (χ2n) is 11.2. The van der Waals surface area contributed by atoms with E-state index >= 15 is 0 Å². The van der Waals surface area contributed by atoms with E-state index in [1.807, 2.05) is 0 Å². The van der Waals surface area contributed by atoms with Crippen LogP contribution < -0.4 is 5.73 Å². The number of hydrogen-bond donors (Lipinski definition) is 3. The zero-order valence-electron chi connectivity index (χ0n) is 18.7. The summed E-state index contributed by atoms with van der Waals surface area (Å²) in [6.07, 6.45) is 5.22. The van der Waals surface area contributed by atoms with E-state index in [2.05, 4.69) is 13.8 Å². The van der Waals surface area contributed by atoms with Gasteiger partial charge in [0.05, 0.1) is 12.5 Å². The molecule has 4 saturated carbocycles. The smallest absolute Gasteiger partial charge is 0.307 e. The van der Waals surface area contributed by atoms with E-state index in [9.17, 15) is 19.8 Å². The van der Waals surface area contributed by atoms with Crippen LogP contribution in [0, 0.1) is 40.4 Å². The van der Waals surface area contributed by atoms with Crippen LogP contribution in [0.4, 0.5) is 0 Å². The highest BCUT2D eigenvalue weighted by Crippen LogP contribution is 2.66. The number of carbonyl (C=O) groups is 2. The van der Waals surface area contributed by atoms with Crippen LogP contribution >= 0.6 is 0 Å². The summed E-state index contributed by atoms with van der Waals surface area (Å²) in [5.41, 5.74) is 5.42. The molecular weight excluding hydrogens is 382 g/mol. The summed E-state index contributed by atoms with van der Waals surface area (Å²) in [7, 11) is 0. The van der Waals surface area contributed by atoms with Crippen LogP contribution in [0.25, 0.3) is 0 Å². The molecule has 170 valence electrons. The van der Waals surface area contributed by atoms with Crippen LogP contribution in [0.2, 0.25) is 0 Å². The van der Waals surface area contributed by atoms with Gasteiger partial charge in [0.2, 0.25) is 0 Å². The maximum atomic E-state index is 12.7. The van der Waals surface area contributed by atoms with Gasteiger partial charge < -0.3 is 20.7 Å². The Morgan fingerprint density at radius 2 is 1.93 bits per heavy atom. The molecule has 4 fully saturated rings. The first kappa shape index (κ1) is 22.2. The molecule has 0 amide bonds. The Hall–Kier alpha value is -0.980. The number of Topliss-reactive ketones (excluding diaryl/α,β-unsaturated/α-hetero) is 1. The number of carbonyl (C=O) groups excluding carboxylic acids is 2. The molecule has 0 aliphatic heterocycles. The molecule has 4 N–H and O–H groups in total. The average molecular weight is 422 g/mol. The zero-order valence-corrected chi connectivity index (χ0v) is 18.7. The summed E-state index contributed by atoms with van der Waals surface area (Å²) >= 11 is 0. The number of rotatable bonds is 4. The molecule has 10 atom stereocenters. The molecule has 6 heteroatoms. The molecule has 0 aromatic heterocycles. The number of ether oxygens (including phenoxy) is 1. The molecule has 0 spiro atoms. The molecule has 2 unspecified atom stereocenters. The van der Waals surface area contributed by atoms with E-state index in [4.69, 9.17) is 10.5 Å². The fourth-order valence-electron chi connectivity index (χ4n) is 8.03. The SMILES string of the molecule is CC(N)CC(=O)O[C@H]1CC[C@@]2(C)C(C1)[C@@H](CO)[C@@H](O)[C@@H]1[C@@H]2CC[C@]2(C)C(=O)CC[C@@H]12. The molecule has 4 aliphatic rings. The minimum atomic E-state index is -0.605. The van der Waals surface area contributed by atoms with Gasteiger partial charge in [0.15, 0.2) is 0 Å². The van der Waals surface area contributed by atoms with Crippen molar-refractivity contribution in [1.82, 2.24) is 0 Å². The monoisotopic (exact) mass is 421 g/mol. The topological polar surface area (TPSA) is 110 Å². The molecule has 0 bridgehead atoms. The highest BCUT2D eigenvalue weighted by Gasteiger charge is 2.65. The van der Waals surface area contributed by atoms with E-state index in [-0.39, 0.29) is 65.6 Å². The predicted molar refractivity (Wildman–Crippen MR) is 112 cm³/mol. The van der Waals surface area contributed by atoms with Crippen LogP contribution in [-0.4, -0.2) is 46.8 Å². The molecule has 30 heavy (non-hydrogen) atoms. The van der Waals surface area contributed by atoms with Gasteiger partial charge in [-0.3, -0.25) is 9.59 Å². The zero-order chi connectivity index (χ0) is 21.8. The summed E-state index contributed by atoms with van der Waals surface area (Å²) in [6, 6.07) is -0.223. The van der Waals surface area contributed by atoms with E-state index in [1.54, 1.807) is 6.92 Å². The maximum absolute atomic E-state index is 12.7. The number of esters is 1. The number of fused-ring (bicyclic) bond motifs is 5. The fourth-order valence-corrected chi connectivity index (χ4v) is 8.03. The third-order valence-electron chi connectivity index (χ3n) is 9.61. The summed E-state index contributed by atoms with van der Waals surface area (Å²) in [6.45, 7) is 6.15. The molecular formula is C24H39NO5. The third-order valence-corrected chi connectivity index (χ3v) is 9.61. The number of aliphatic hydroxyl groups excluding tert-OH is 2. The molecule has 4 rings (SSSR count). The van der Waals surface area contributed by atoms with Gasteiger partial charge >= 0.3 is 5.97 Å². The Kier molecular flexibility index (Phi) is 5.82. The molecule has 0 aromatic rings. The summed E-state index contributed by atoms with van der Waals surface area (Å²) in [4.78, 5) is 24.8. The lowest BCUT2D eigenvalue weighted by Crippen LogP contribution is -2.63. The minimum Gasteiger partial charge on any atom is -0.462 e. The fraction of sp³-hybridized carbons (Fsp3) is 0.917. The van der Waals surface area contributed by atoms with Crippen molar-refractivity contribution in [3.8, 4) is 0 Å². The third kappa shape index (κ3) is 3.34. The van der Waals surface area contributed by atoms with Gasteiger partial charge in [0, 0.05) is 30.4 Å². The van der Waals surface area contributed by atoms with Crippen molar-refractivity contribution in [2.24, 2.45) is 46.2 Å². The Morgan fingerprint density at radius 3 is 2.60 bits per heavy atom. The quantitative estimate of drug-likeness (QED) is 0.602. The van der Waals surface area contributed by atoms with Crippen molar-refractivity contribution < 1.29 is 24.5 Å². The van der Waals surface area contributed by atoms with Crippen LogP contribution in [0.5, 0.6) is 0 Å². The van der Waals surface area contributed by atoms with Gasteiger partial charge in [-0.1, -0.05) is 13.8 Å². The maximum Gasteiger partial charge on any atom is 0.307 e. The highest BCUT2D eigenvalue weighted by molar-refractivity contribution is 5.87. The van der Waals surface area contributed by atoms with Gasteiger partial charge in [-0.15, -0.1) is 0 Å². The lowest BCUT2D eigenvalue weighted by Gasteiger charge is -2.63. The largest absolute Gasteiger partial charge is 0.462 e. The highest BCUT2D eigenvalue weighted by atomic mass is 16.5. The Balaban J connectivity index is 1.58. The van der Waals surface area contributed by atoms with E-state index in [0.29, 0.717) is 24.5 Å². The lowest BCUT2D eigenvalue weighted by molar-refractivity contribution is -0.208. The van der Waals surface area contributed by atoms with Crippen molar-refractivity contribution in [3.63, 3.8) is 0 Å². The number of aliphatic hydroxyl groups is 2. The standard InChI is InChI=1S/C24H39NO5/c1-13(25)10-20(28)30-14-6-8-23(2)17-7-9-24(3)16(4-5-19(24)27)21(17)22(29)15(12-26)18(23)11-14/h13-18,21-22,26,29H,4-12,25H2,1-3H3/t13?,14-,15+,16-,17-,18?,21-,22+,23+,24-/m0/s1. The van der Waals surface area contributed by atoms with Crippen molar-refractivity contribution in [2.75, 3.05) is 6.61 Å². The summed E-state index contributed by atoms with van der Waals surface area (Å²) in [5.74, 6) is 0.622. The van der Waals surface area contributed by atoms with Gasteiger partial charge in [-0.2, -0.15) is 0 Å². The van der Waals surface area contributed by atoms with Crippen LogP contribution in [0.15, 0.2) is 0 Å². The van der Waals surface area contributed by atoms with Crippen molar-refractivity contribution >= 4 is 11.8 Å². The van der Waals surface area contributed by atoms with Crippen LogP contribution in [-0.2, 0) is 14.3 Å². The second-order valence-corrected chi connectivity index (χ2v) is 11.2. The van der Waals surface area contributed by atoms with Crippen molar-refractivity contribution in [1.29, 1.82) is 0 Å². The van der Waals surface area contributed by atoms with Gasteiger partial charge in [-0.05, 0) is 74.5 Å². The number of ketones is 1. The number of nitrogens with two attached hydrogens (primary N) is 1. The molecule has 6 nitrogen and oxygen atoms in total. The van der Waals surface area contributed by atoms with Gasteiger partial charge in [-0.25, -0.2) is 0 Å². The number of hydrogen-bond acceptors (Lipinski definition) is 6. The first-order valence-corrected chi connectivity index (χ1v) is 11.9.